The fraction of sp³-hybridized carbons (Fsp3) is 0.176. The van der Waals surface area contributed by atoms with E-state index in [-0.39, 0.29) is 0 Å². The van der Waals surface area contributed by atoms with Gasteiger partial charge in [0.05, 0.1) is 35.8 Å². The van der Waals surface area contributed by atoms with Gasteiger partial charge in [0, 0.05) is 6.07 Å². The van der Waals surface area contributed by atoms with Crippen molar-refractivity contribution in [2.45, 2.75) is 13.5 Å². The number of nitrogens with zero attached hydrogens (tertiary/aromatic N) is 3. The second kappa shape index (κ2) is 6.08. The van der Waals surface area contributed by atoms with E-state index in [9.17, 15) is 0 Å². The molecule has 0 unspecified atom stereocenters. The molecular weight excluding hydrogens is 298 g/mol. The van der Waals surface area contributed by atoms with E-state index < -0.39 is 0 Å². The maximum Gasteiger partial charge on any atom is 0.204 e. The number of hydrogen-bond acceptors (Lipinski definition) is 3. The monoisotopic (exact) mass is 311 g/mol. The molecule has 2 aromatic carbocycles. The zero-order valence-electron chi connectivity index (χ0n) is 12.1. The summed E-state index contributed by atoms with van der Waals surface area (Å²) in [7, 11) is 0. The van der Waals surface area contributed by atoms with Crippen LogP contribution in [0.15, 0.2) is 42.5 Å². The maximum atomic E-state index is 8.85. The van der Waals surface area contributed by atoms with Crippen LogP contribution in [0.1, 0.15) is 18.1 Å². The van der Waals surface area contributed by atoms with Gasteiger partial charge in [-0.15, -0.1) is 0 Å². The van der Waals surface area contributed by atoms with Crippen molar-refractivity contribution in [1.82, 2.24) is 9.55 Å². The first-order chi connectivity index (χ1) is 10.7. The maximum absolute atomic E-state index is 8.85. The Balaban J connectivity index is 1.99. The predicted molar refractivity (Wildman–Crippen MR) is 86.2 cm³/mol. The lowest BCUT2D eigenvalue weighted by atomic mass is 10.1. The molecule has 0 bridgehead atoms. The van der Waals surface area contributed by atoms with Gasteiger partial charge >= 0.3 is 0 Å². The normalized spacial score (nSPS) is 10.6. The lowest BCUT2D eigenvalue weighted by Gasteiger charge is -2.08. The molecule has 1 aromatic heterocycles. The Kier molecular flexibility index (Phi) is 3.99. The molecule has 110 valence electrons. The number of aromatic nitrogens is 2. The first kappa shape index (κ1) is 14.4. The summed E-state index contributed by atoms with van der Waals surface area (Å²) >= 11 is 6.26. The van der Waals surface area contributed by atoms with Crippen LogP contribution < -0.4 is 4.74 Å². The van der Waals surface area contributed by atoms with Crippen LogP contribution in [0.5, 0.6) is 5.75 Å². The highest BCUT2D eigenvalue weighted by atomic mass is 35.5. The quantitative estimate of drug-likeness (QED) is 0.731. The van der Waals surface area contributed by atoms with Gasteiger partial charge in [0.1, 0.15) is 5.75 Å². The first-order valence-electron chi connectivity index (χ1n) is 6.99. The minimum atomic E-state index is 0.438. The van der Waals surface area contributed by atoms with E-state index in [2.05, 4.69) is 11.1 Å². The molecule has 0 radical (unpaired) electrons. The molecule has 0 amide bonds. The molecule has 0 aliphatic rings. The largest absolute Gasteiger partial charge is 0.494 e. The van der Waals surface area contributed by atoms with E-state index in [0.29, 0.717) is 24.0 Å². The van der Waals surface area contributed by atoms with Gasteiger partial charge in [-0.1, -0.05) is 12.1 Å². The molecule has 0 atom stereocenters. The number of ether oxygens (including phenoxy) is 1. The van der Waals surface area contributed by atoms with Crippen LogP contribution in [0.25, 0.3) is 11.0 Å². The van der Waals surface area contributed by atoms with Crippen molar-refractivity contribution in [1.29, 1.82) is 5.26 Å². The molecule has 0 aliphatic heterocycles. The van der Waals surface area contributed by atoms with Crippen molar-refractivity contribution in [2.75, 3.05) is 6.61 Å². The second-order valence-corrected chi connectivity index (χ2v) is 5.20. The average molecular weight is 312 g/mol. The molecule has 3 aromatic rings. The molecule has 1 heterocycles. The Morgan fingerprint density at radius 1 is 1.23 bits per heavy atom. The van der Waals surface area contributed by atoms with Gasteiger partial charge in [0.15, 0.2) is 0 Å². The first-order valence-corrected chi connectivity index (χ1v) is 7.36. The highest BCUT2D eigenvalue weighted by Gasteiger charge is 2.10. The van der Waals surface area contributed by atoms with E-state index in [1.165, 1.54) is 0 Å². The Morgan fingerprint density at radius 3 is 2.68 bits per heavy atom. The highest BCUT2D eigenvalue weighted by molar-refractivity contribution is 6.29. The number of hydrogen-bond donors (Lipinski definition) is 0. The molecule has 22 heavy (non-hydrogen) atoms. The summed E-state index contributed by atoms with van der Waals surface area (Å²) in [5.41, 5.74) is 3.47. The zero-order valence-corrected chi connectivity index (χ0v) is 12.8. The topological polar surface area (TPSA) is 50.8 Å². The van der Waals surface area contributed by atoms with E-state index in [4.69, 9.17) is 21.6 Å². The molecule has 0 N–H and O–H groups in total. The van der Waals surface area contributed by atoms with E-state index in [1.807, 2.05) is 41.8 Å². The molecule has 3 rings (SSSR count). The van der Waals surface area contributed by atoms with Crippen molar-refractivity contribution in [3.05, 3.63) is 58.9 Å². The molecule has 4 nitrogen and oxygen atoms in total. The van der Waals surface area contributed by atoms with Gasteiger partial charge in [-0.25, -0.2) is 4.98 Å². The molecular formula is C17H14ClN3O. The van der Waals surface area contributed by atoms with E-state index in [0.717, 1.165) is 22.3 Å². The molecule has 5 heteroatoms. The zero-order chi connectivity index (χ0) is 15.5. The summed E-state index contributed by atoms with van der Waals surface area (Å²) in [4.78, 5) is 4.36. The number of rotatable bonds is 4. The van der Waals surface area contributed by atoms with Crippen LogP contribution in [0.3, 0.4) is 0 Å². The number of nitriles is 1. The fourth-order valence-electron chi connectivity index (χ4n) is 2.35. The molecule has 0 saturated carbocycles. The number of benzene rings is 2. The van der Waals surface area contributed by atoms with Crippen molar-refractivity contribution >= 4 is 22.6 Å². The van der Waals surface area contributed by atoms with Crippen molar-refractivity contribution in [3.8, 4) is 11.8 Å². The lowest BCUT2D eigenvalue weighted by molar-refractivity contribution is 0.340. The van der Waals surface area contributed by atoms with Crippen LogP contribution >= 0.6 is 11.6 Å². The summed E-state index contributed by atoms with van der Waals surface area (Å²) in [6.07, 6.45) is 0. The average Bonchev–Trinajstić information content (AvgIpc) is 2.84. The fourth-order valence-corrected chi connectivity index (χ4v) is 2.59. The number of imidazole rings is 1. The van der Waals surface area contributed by atoms with Gasteiger partial charge in [-0.2, -0.15) is 5.26 Å². The second-order valence-electron chi connectivity index (χ2n) is 4.86. The third-order valence-corrected chi connectivity index (χ3v) is 3.70. The summed E-state index contributed by atoms with van der Waals surface area (Å²) in [5.74, 6) is 0.799. The van der Waals surface area contributed by atoms with Crippen LogP contribution in [0.2, 0.25) is 5.28 Å². The van der Waals surface area contributed by atoms with Crippen molar-refractivity contribution in [2.24, 2.45) is 0 Å². The Labute approximate surface area is 133 Å². The standard InChI is InChI=1S/C17H14ClN3O/c1-2-22-14-7-8-15-16(9-14)21(17(18)20-15)11-13-5-3-12(10-19)4-6-13/h3-9H,2,11H2,1H3. The van der Waals surface area contributed by atoms with E-state index in [1.54, 1.807) is 12.1 Å². The molecule has 0 saturated heterocycles. The summed E-state index contributed by atoms with van der Waals surface area (Å²) in [6.45, 7) is 3.16. The number of fused-ring (bicyclic) bond motifs is 1. The number of halogens is 1. The Hall–Kier alpha value is -2.51. The SMILES string of the molecule is CCOc1ccc2nc(Cl)n(Cc3ccc(C#N)cc3)c2c1. The van der Waals surface area contributed by atoms with E-state index >= 15 is 0 Å². The lowest BCUT2D eigenvalue weighted by Crippen LogP contribution is -2.00. The van der Waals surface area contributed by atoms with Crippen molar-refractivity contribution < 1.29 is 4.74 Å². The van der Waals surface area contributed by atoms with Crippen molar-refractivity contribution in [3.63, 3.8) is 0 Å². The van der Waals surface area contributed by atoms with Crippen LogP contribution in [-0.2, 0) is 6.54 Å². The predicted octanol–water partition coefficient (Wildman–Crippen LogP) is 4.01. The van der Waals surface area contributed by atoms with Gasteiger partial charge < -0.3 is 9.30 Å². The Bertz CT molecular complexity index is 847. The van der Waals surface area contributed by atoms with Gasteiger partial charge in [-0.05, 0) is 48.4 Å². The van der Waals surface area contributed by atoms with Gasteiger partial charge in [0.2, 0.25) is 5.28 Å². The van der Waals surface area contributed by atoms with Crippen LogP contribution in [-0.4, -0.2) is 16.2 Å². The third-order valence-electron chi connectivity index (χ3n) is 3.41. The minimum Gasteiger partial charge on any atom is -0.494 e. The Morgan fingerprint density at radius 2 is 2.00 bits per heavy atom. The molecule has 0 fully saturated rings. The molecule has 0 spiro atoms. The smallest absolute Gasteiger partial charge is 0.204 e. The van der Waals surface area contributed by atoms with Crippen LogP contribution in [0, 0.1) is 11.3 Å². The van der Waals surface area contributed by atoms with Gasteiger partial charge in [-0.3, -0.25) is 0 Å². The summed E-state index contributed by atoms with van der Waals surface area (Å²) in [6, 6.07) is 15.3. The highest BCUT2D eigenvalue weighted by Crippen LogP contribution is 2.25. The summed E-state index contributed by atoms with van der Waals surface area (Å²) in [5, 5.41) is 9.29. The molecule has 0 aliphatic carbocycles. The summed E-state index contributed by atoms with van der Waals surface area (Å²) < 4.78 is 7.47. The third kappa shape index (κ3) is 2.76. The van der Waals surface area contributed by atoms with Crippen LogP contribution in [0.4, 0.5) is 0 Å². The van der Waals surface area contributed by atoms with Gasteiger partial charge in [0.25, 0.3) is 0 Å². The minimum absolute atomic E-state index is 0.438.